The fourth-order valence-corrected chi connectivity index (χ4v) is 1.74. The lowest BCUT2D eigenvalue weighted by Crippen LogP contribution is -2.09. The minimum absolute atomic E-state index is 0.000355. The van der Waals surface area contributed by atoms with Crippen molar-refractivity contribution in [1.82, 2.24) is 9.78 Å². The third kappa shape index (κ3) is 2.39. The molecule has 0 atom stereocenters. The summed E-state index contributed by atoms with van der Waals surface area (Å²) in [5.74, 6) is -1.26. The van der Waals surface area contributed by atoms with E-state index in [0.717, 1.165) is 4.68 Å². The summed E-state index contributed by atoms with van der Waals surface area (Å²) in [4.78, 5) is 11.6. The molecular formula is C12H11ClFN3O2. The number of rotatable bonds is 3. The number of nitrogen functional groups attached to an aromatic ring is 1. The third-order valence-electron chi connectivity index (χ3n) is 2.46. The van der Waals surface area contributed by atoms with Crippen LogP contribution in [0.3, 0.4) is 0 Å². The summed E-state index contributed by atoms with van der Waals surface area (Å²) in [7, 11) is 0. The molecule has 0 aliphatic carbocycles. The average molecular weight is 284 g/mol. The zero-order valence-electron chi connectivity index (χ0n) is 10.1. The van der Waals surface area contributed by atoms with Crippen LogP contribution < -0.4 is 5.73 Å². The zero-order valence-corrected chi connectivity index (χ0v) is 10.8. The van der Waals surface area contributed by atoms with E-state index < -0.39 is 11.8 Å². The van der Waals surface area contributed by atoms with Crippen LogP contribution in [-0.4, -0.2) is 22.4 Å². The Kier molecular flexibility index (Phi) is 3.71. The van der Waals surface area contributed by atoms with Crippen molar-refractivity contribution in [3.8, 4) is 5.69 Å². The summed E-state index contributed by atoms with van der Waals surface area (Å²) < 4.78 is 19.8. The summed E-state index contributed by atoms with van der Waals surface area (Å²) in [6, 6.07) is 4.43. The topological polar surface area (TPSA) is 70.1 Å². The number of hydrogen-bond acceptors (Lipinski definition) is 4. The molecule has 1 aromatic carbocycles. The number of carbonyl (C=O) groups is 1. The van der Waals surface area contributed by atoms with Crippen LogP contribution in [0.25, 0.3) is 5.69 Å². The molecule has 5 nitrogen and oxygen atoms in total. The van der Waals surface area contributed by atoms with E-state index in [4.69, 9.17) is 22.1 Å². The largest absolute Gasteiger partial charge is 0.462 e. The fraction of sp³-hybridized carbons (Fsp3) is 0.167. The van der Waals surface area contributed by atoms with Gasteiger partial charge < -0.3 is 10.5 Å². The quantitative estimate of drug-likeness (QED) is 0.878. The van der Waals surface area contributed by atoms with Gasteiger partial charge in [0, 0.05) is 0 Å². The molecule has 100 valence electrons. The molecule has 19 heavy (non-hydrogen) atoms. The van der Waals surface area contributed by atoms with Crippen molar-refractivity contribution in [2.24, 2.45) is 0 Å². The second-order valence-electron chi connectivity index (χ2n) is 3.65. The Balaban J connectivity index is 2.48. The molecule has 0 amide bonds. The molecule has 0 saturated heterocycles. The minimum atomic E-state index is -0.658. The first kappa shape index (κ1) is 13.4. The number of esters is 1. The fourth-order valence-electron chi connectivity index (χ4n) is 1.57. The molecule has 0 saturated carbocycles. The first-order valence-electron chi connectivity index (χ1n) is 5.51. The van der Waals surface area contributed by atoms with Gasteiger partial charge in [-0.05, 0) is 19.1 Å². The van der Waals surface area contributed by atoms with Gasteiger partial charge in [-0.15, -0.1) is 0 Å². The molecular weight excluding hydrogens is 273 g/mol. The van der Waals surface area contributed by atoms with Gasteiger partial charge in [0.25, 0.3) is 0 Å². The maximum absolute atomic E-state index is 13.9. The van der Waals surface area contributed by atoms with Crippen molar-refractivity contribution in [3.63, 3.8) is 0 Å². The lowest BCUT2D eigenvalue weighted by molar-refractivity contribution is 0.0527. The summed E-state index contributed by atoms with van der Waals surface area (Å²) >= 11 is 5.69. The van der Waals surface area contributed by atoms with Crippen molar-refractivity contribution in [1.29, 1.82) is 0 Å². The average Bonchev–Trinajstić information content (AvgIpc) is 2.75. The van der Waals surface area contributed by atoms with Crippen molar-refractivity contribution in [3.05, 3.63) is 40.8 Å². The molecule has 0 unspecified atom stereocenters. The Labute approximate surface area is 113 Å². The van der Waals surface area contributed by atoms with Gasteiger partial charge in [0.15, 0.2) is 5.82 Å². The Morgan fingerprint density at radius 1 is 1.58 bits per heavy atom. The maximum Gasteiger partial charge on any atom is 0.343 e. The van der Waals surface area contributed by atoms with Gasteiger partial charge >= 0.3 is 5.97 Å². The summed E-state index contributed by atoms with van der Waals surface area (Å²) in [6.07, 6.45) is 1.23. The predicted octanol–water partition coefficient (Wildman–Crippen LogP) is 2.42. The Bertz CT molecular complexity index is 627. The highest BCUT2D eigenvalue weighted by atomic mass is 35.5. The van der Waals surface area contributed by atoms with Crippen LogP contribution in [0, 0.1) is 5.82 Å². The van der Waals surface area contributed by atoms with E-state index in [0.29, 0.717) is 0 Å². The normalized spacial score (nSPS) is 10.5. The molecule has 0 spiro atoms. The van der Waals surface area contributed by atoms with Gasteiger partial charge in [0.2, 0.25) is 0 Å². The van der Waals surface area contributed by atoms with Crippen LogP contribution in [0.5, 0.6) is 0 Å². The standard InChI is InChI=1S/C12H11ClFN3O2/c1-2-19-12(18)7-6-16-17(11(7)15)9-5-3-4-8(13)10(9)14/h3-6H,2,15H2,1H3. The van der Waals surface area contributed by atoms with Gasteiger partial charge in [-0.2, -0.15) is 5.10 Å². The van der Waals surface area contributed by atoms with E-state index in [1.165, 1.54) is 18.3 Å². The van der Waals surface area contributed by atoms with Gasteiger partial charge in [-0.3, -0.25) is 0 Å². The number of hydrogen-bond donors (Lipinski definition) is 1. The zero-order chi connectivity index (χ0) is 14.0. The Hall–Kier alpha value is -2.08. The first-order valence-corrected chi connectivity index (χ1v) is 5.89. The molecule has 0 aliphatic rings. The van der Waals surface area contributed by atoms with Crippen molar-refractivity contribution >= 4 is 23.4 Å². The first-order chi connectivity index (χ1) is 9.06. The summed E-state index contributed by atoms with van der Waals surface area (Å²) in [5, 5.41) is 3.83. The number of benzene rings is 1. The Morgan fingerprint density at radius 3 is 3.00 bits per heavy atom. The van der Waals surface area contributed by atoms with Crippen LogP contribution in [0.2, 0.25) is 5.02 Å². The molecule has 1 heterocycles. The van der Waals surface area contributed by atoms with Crippen LogP contribution in [0.1, 0.15) is 17.3 Å². The summed E-state index contributed by atoms with van der Waals surface area (Å²) in [5.41, 5.74) is 5.93. The summed E-state index contributed by atoms with van der Waals surface area (Å²) in [6.45, 7) is 1.89. The molecule has 7 heteroatoms. The minimum Gasteiger partial charge on any atom is -0.462 e. The number of aromatic nitrogens is 2. The van der Waals surface area contributed by atoms with Crippen LogP contribution in [0.4, 0.5) is 10.2 Å². The number of halogens is 2. The van der Waals surface area contributed by atoms with Crippen LogP contribution in [-0.2, 0) is 4.74 Å². The third-order valence-corrected chi connectivity index (χ3v) is 2.75. The van der Waals surface area contributed by atoms with Gasteiger partial charge in [-0.1, -0.05) is 17.7 Å². The van der Waals surface area contributed by atoms with E-state index >= 15 is 0 Å². The smallest absolute Gasteiger partial charge is 0.343 e. The van der Waals surface area contributed by atoms with E-state index in [1.54, 1.807) is 13.0 Å². The van der Waals surface area contributed by atoms with Gasteiger partial charge in [0.1, 0.15) is 17.1 Å². The van der Waals surface area contributed by atoms with Crippen LogP contribution in [0.15, 0.2) is 24.4 Å². The number of ether oxygens (including phenoxy) is 1. The van der Waals surface area contributed by atoms with Crippen LogP contribution >= 0.6 is 11.6 Å². The molecule has 2 N–H and O–H groups in total. The molecule has 0 aliphatic heterocycles. The number of nitrogens with zero attached hydrogens (tertiary/aromatic N) is 2. The highest BCUT2D eigenvalue weighted by Gasteiger charge is 2.19. The molecule has 2 rings (SSSR count). The second kappa shape index (κ2) is 5.27. The number of nitrogens with two attached hydrogens (primary N) is 1. The maximum atomic E-state index is 13.9. The SMILES string of the molecule is CCOC(=O)c1cnn(-c2cccc(Cl)c2F)c1N. The second-order valence-corrected chi connectivity index (χ2v) is 4.06. The number of carbonyl (C=O) groups excluding carboxylic acids is 1. The van der Waals surface area contributed by atoms with Gasteiger partial charge in [0.05, 0.1) is 17.8 Å². The monoisotopic (exact) mass is 283 g/mol. The molecule has 1 aromatic heterocycles. The highest BCUT2D eigenvalue weighted by molar-refractivity contribution is 6.30. The highest BCUT2D eigenvalue weighted by Crippen LogP contribution is 2.24. The van der Waals surface area contributed by atoms with E-state index in [1.807, 2.05) is 0 Å². The molecule has 0 fully saturated rings. The van der Waals surface area contributed by atoms with Crippen molar-refractivity contribution in [2.45, 2.75) is 6.92 Å². The number of anilines is 1. The van der Waals surface area contributed by atoms with Crippen molar-refractivity contribution < 1.29 is 13.9 Å². The van der Waals surface area contributed by atoms with Crippen molar-refractivity contribution in [2.75, 3.05) is 12.3 Å². The molecule has 0 bridgehead atoms. The lowest BCUT2D eigenvalue weighted by Gasteiger charge is -2.07. The Morgan fingerprint density at radius 2 is 2.32 bits per heavy atom. The molecule has 0 radical (unpaired) electrons. The van der Waals surface area contributed by atoms with E-state index in [9.17, 15) is 9.18 Å². The predicted molar refractivity (Wildman–Crippen MR) is 68.9 cm³/mol. The lowest BCUT2D eigenvalue weighted by atomic mass is 10.3. The van der Waals surface area contributed by atoms with Gasteiger partial charge in [-0.25, -0.2) is 13.9 Å². The van der Waals surface area contributed by atoms with E-state index in [-0.39, 0.29) is 28.7 Å². The molecule has 2 aromatic rings. The van der Waals surface area contributed by atoms with E-state index in [2.05, 4.69) is 5.10 Å².